The van der Waals surface area contributed by atoms with E-state index < -0.39 is 9.85 Å². The zero-order valence-corrected chi connectivity index (χ0v) is 12.3. The van der Waals surface area contributed by atoms with E-state index in [0.29, 0.717) is 17.9 Å². The Morgan fingerprint density at radius 3 is 2.33 bits per heavy atom. The quantitative estimate of drug-likeness (QED) is 0.526. The number of nitro groups is 2. The molecule has 0 radical (unpaired) electrons. The Morgan fingerprint density at radius 1 is 0.958 bits per heavy atom. The van der Waals surface area contributed by atoms with Crippen LogP contribution in [0.25, 0.3) is 11.4 Å². The predicted octanol–water partition coefficient (Wildman–Crippen LogP) is 2.81. The molecule has 9 heteroatoms. The number of non-ortho nitro benzene ring substituents is 2. The van der Waals surface area contributed by atoms with Gasteiger partial charge in [-0.2, -0.15) is 5.10 Å². The molecule has 0 bridgehead atoms. The first-order chi connectivity index (χ1) is 11.5. The first kappa shape index (κ1) is 15.3. The number of hydrogen-bond acceptors (Lipinski definition) is 6. The fourth-order valence-corrected chi connectivity index (χ4v) is 2.17. The van der Waals surface area contributed by atoms with Gasteiger partial charge in [0.2, 0.25) is 0 Å². The Bertz CT molecular complexity index is 904. The summed E-state index contributed by atoms with van der Waals surface area (Å²) < 4.78 is 1.56. The third-order valence-electron chi connectivity index (χ3n) is 3.34. The van der Waals surface area contributed by atoms with Crippen molar-refractivity contribution < 1.29 is 9.85 Å². The summed E-state index contributed by atoms with van der Waals surface area (Å²) in [4.78, 5) is 24.7. The van der Waals surface area contributed by atoms with Gasteiger partial charge in [-0.05, 0) is 5.56 Å². The van der Waals surface area contributed by atoms with Crippen LogP contribution in [0.15, 0.2) is 54.9 Å². The Labute approximate surface area is 135 Å². The van der Waals surface area contributed by atoms with E-state index in [2.05, 4.69) is 10.1 Å². The molecule has 9 nitrogen and oxygen atoms in total. The van der Waals surface area contributed by atoms with E-state index in [1.165, 1.54) is 30.6 Å². The maximum Gasteiger partial charge on any atom is 0.270 e. The third-order valence-corrected chi connectivity index (χ3v) is 3.34. The minimum absolute atomic E-state index is 0.0228. The van der Waals surface area contributed by atoms with E-state index in [-0.39, 0.29) is 11.4 Å². The van der Waals surface area contributed by atoms with Crippen molar-refractivity contribution in [1.29, 1.82) is 0 Å². The van der Waals surface area contributed by atoms with Crippen molar-refractivity contribution in [2.75, 3.05) is 0 Å². The van der Waals surface area contributed by atoms with E-state index in [1.54, 1.807) is 28.9 Å². The molecule has 0 amide bonds. The number of benzene rings is 2. The average molecular weight is 325 g/mol. The van der Waals surface area contributed by atoms with Crippen LogP contribution in [0.1, 0.15) is 5.56 Å². The molecule has 0 atom stereocenters. The van der Waals surface area contributed by atoms with Crippen molar-refractivity contribution in [3.8, 4) is 11.4 Å². The summed E-state index contributed by atoms with van der Waals surface area (Å²) in [5.41, 5.74) is 1.37. The average Bonchev–Trinajstić information content (AvgIpc) is 3.04. The second kappa shape index (κ2) is 6.24. The van der Waals surface area contributed by atoms with Crippen LogP contribution in [0.3, 0.4) is 0 Å². The smallest absolute Gasteiger partial charge is 0.258 e. The van der Waals surface area contributed by atoms with Crippen LogP contribution >= 0.6 is 0 Å². The van der Waals surface area contributed by atoms with Gasteiger partial charge in [0.05, 0.1) is 16.4 Å². The van der Waals surface area contributed by atoms with E-state index in [9.17, 15) is 20.2 Å². The van der Waals surface area contributed by atoms with Gasteiger partial charge in [-0.1, -0.05) is 24.3 Å². The van der Waals surface area contributed by atoms with Crippen molar-refractivity contribution in [3.05, 3.63) is 80.7 Å². The summed E-state index contributed by atoms with van der Waals surface area (Å²) >= 11 is 0. The standard InChI is InChI=1S/C15H11N5O4/c21-19(22)13-6-4-11(5-7-13)9-18-10-16-15(17-18)12-2-1-3-14(8-12)20(23)24/h1-8,10H,9H2. The monoisotopic (exact) mass is 325 g/mol. The second-order valence-corrected chi connectivity index (χ2v) is 5.00. The summed E-state index contributed by atoms with van der Waals surface area (Å²) in [7, 11) is 0. The van der Waals surface area contributed by atoms with Crippen molar-refractivity contribution in [3.63, 3.8) is 0 Å². The molecule has 0 aliphatic rings. The topological polar surface area (TPSA) is 117 Å². The molecule has 1 aromatic heterocycles. The van der Waals surface area contributed by atoms with Crippen LogP contribution in [-0.2, 0) is 6.54 Å². The van der Waals surface area contributed by atoms with Crippen molar-refractivity contribution in [2.45, 2.75) is 6.54 Å². The van der Waals surface area contributed by atoms with E-state index in [0.717, 1.165) is 5.56 Å². The van der Waals surface area contributed by atoms with Gasteiger partial charge >= 0.3 is 0 Å². The lowest BCUT2D eigenvalue weighted by Crippen LogP contribution is -2.00. The fraction of sp³-hybridized carbons (Fsp3) is 0.0667. The first-order valence-electron chi connectivity index (χ1n) is 6.90. The maximum absolute atomic E-state index is 10.8. The van der Waals surface area contributed by atoms with Gasteiger partial charge in [0.1, 0.15) is 6.33 Å². The van der Waals surface area contributed by atoms with Gasteiger partial charge in [-0.3, -0.25) is 20.2 Å². The Kier molecular flexibility index (Phi) is 3.98. The van der Waals surface area contributed by atoms with Crippen LogP contribution in [0.4, 0.5) is 11.4 Å². The number of rotatable bonds is 5. The maximum atomic E-state index is 10.8. The highest BCUT2D eigenvalue weighted by Crippen LogP contribution is 2.20. The van der Waals surface area contributed by atoms with Crippen LogP contribution in [0.5, 0.6) is 0 Å². The Hall–Kier alpha value is -3.62. The highest BCUT2D eigenvalue weighted by atomic mass is 16.6. The number of nitrogens with zero attached hydrogens (tertiary/aromatic N) is 5. The molecule has 0 saturated carbocycles. The third kappa shape index (κ3) is 3.24. The summed E-state index contributed by atoms with van der Waals surface area (Å²) in [5, 5.41) is 25.7. The molecular weight excluding hydrogens is 314 g/mol. The summed E-state index contributed by atoms with van der Waals surface area (Å²) in [6.07, 6.45) is 1.51. The molecule has 1 heterocycles. The van der Waals surface area contributed by atoms with Gasteiger partial charge in [-0.25, -0.2) is 9.67 Å². The molecule has 3 aromatic rings. The molecule has 0 unspecified atom stereocenters. The zero-order chi connectivity index (χ0) is 17.1. The van der Waals surface area contributed by atoms with Crippen LogP contribution < -0.4 is 0 Å². The highest BCUT2D eigenvalue weighted by Gasteiger charge is 2.11. The Balaban J connectivity index is 1.79. The summed E-state index contributed by atoms with van der Waals surface area (Å²) in [6.45, 7) is 0.389. The van der Waals surface area contributed by atoms with Gasteiger partial charge in [0.25, 0.3) is 11.4 Å². The van der Waals surface area contributed by atoms with Crippen LogP contribution in [0.2, 0.25) is 0 Å². The number of hydrogen-bond donors (Lipinski definition) is 0. The van der Waals surface area contributed by atoms with Crippen LogP contribution in [0, 0.1) is 20.2 Å². The molecule has 2 aromatic carbocycles. The lowest BCUT2D eigenvalue weighted by molar-refractivity contribution is -0.385. The molecule has 0 aliphatic heterocycles. The largest absolute Gasteiger partial charge is 0.270 e. The molecule has 0 aliphatic carbocycles. The van der Waals surface area contributed by atoms with E-state index in [4.69, 9.17) is 0 Å². The first-order valence-corrected chi connectivity index (χ1v) is 6.90. The van der Waals surface area contributed by atoms with Crippen LogP contribution in [-0.4, -0.2) is 24.6 Å². The fourth-order valence-electron chi connectivity index (χ4n) is 2.17. The molecule has 0 fully saturated rings. The van der Waals surface area contributed by atoms with Gasteiger partial charge < -0.3 is 0 Å². The van der Waals surface area contributed by atoms with E-state index >= 15 is 0 Å². The van der Waals surface area contributed by atoms with E-state index in [1.807, 2.05) is 0 Å². The molecule has 120 valence electrons. The lowest BCUT2D eigenvalue weighted by atomic mass is 10.2. The molecule has 0 saturated heterocycles. The van der Waals surface area contributed by atoms with Gasteiger partial charge in [-0.15, -0.1) is 0 Å². The number of aromatic nitrogens is 3. The van der Waals surface area contributed by atoms with Crippen molar-refractivity contribution in [1.82, 2.24) is 14.8 Å². The van der Waals surface area contributed by atoms with Gasteiger partial charge in [0, 0.05) is 29.8 Å². The molecule has 3 rings (SSSR count). The summed E-state index contributed by atoms with van der Waals surface area (Å²) in [6, 6.07) is 12.2. The zero-order valence-electron chi connectivity index (χ0n) is 12.3. The SMILES string of the molecule is O=[N+]([O-])c1ccc(Cn2cnc(-c3cccc([N+](=O)[O-])c3)n2)cc1. The molecule has 24 heavy (non-hydrogen) atoms. The normalized spacial score (nSPS) is 10.5. The Morgan fingerprint density at radius 2 is 1.67 bits per heavy atom. The second-order valence-electron chi connectivity index (χ2n) is 5.00. The lowest BCUT2D eigenvalue weighted by Gasteiger charge is -2.01. The molecule has 0 N–H and O–H groups in total. The highest BCUT2D eigenvalue weighted by molar-refractivity contribution is 5.58. The van der Waals surface area contributed by atoms with Crippen molar-refractivity contribution in [2.24, 2.45) is 0 Å². The minimum atomic E-state index is -0.475. The molecular formula is C15H11N5O4. The van der Waals surface area contributed by atoms with Gasteiger partial charge in [0.15, 0.2) is 5.82 Å². The minimum Gasteiger partial charge on any atom is -0.258 e. The molecule has 0 spiro atoms. The summed E-state index contributed by atoms with van der Waals surface area (Å²) in [5.74, 6) is 0.376. The predicted molar refractivity (Wildman–Crippen MR) is 84.3 cm³/mol. The number of nitro benzene ring substituents is 2. The van der Waals surface area contributed by atoms with Crippen molar-refractivity contribution >= 4 is 11.4 Å².